The molecule has 0 aromatic carbocycles. The lowest BCUT2D eigenvalue weighted by Gasteiger charge is -2.17. The molecule has 0 radical (unpaired) electrons. The SMILES string of the molecule is CC[C@H](N)[C@@H](O)c1ncccc1N. The number of anilines is 1. The first-order valence-electron chi connectivity index (χ1n) is 4.30. The summed E-state index contributed by atoms with van der Waals surface area (Å²) in [5.41, 5.74) is 12.3. The van der Waals surface area contributed by atoms with Crippen molar-refractivity contribution in [3.05, 3.63) is 24.0 Å². The Morgan fingerprint density at radius 3 is 2.85 bits per heavy atom. The van der Waals surface area contributed by atoms with Gasteiger partial charge >= 0.3 is 0 Å². The predicted octanol–water partition coefficient (Wildman–Crippen LogP) is 0.434. The van der Waals surface area contributed by atoms with Gasteiger partial charge in [-0.2, -0.15) is 0 Å². The molecule has 1 aromatic rings. The summed E-state index contributed by atoms with van der Waals surface area (Å²) in [7, 11) is 0. The zero-order valence-corrected chi connectivity index (χ0v) is 7.64. The largest absolute Gasteiger partial charge is 0.397 e. The highest BCUT2D eigenvalue weighted by molar-refractivity contribution is 5.43. The van der Waals surface area contributed by atoms with E-state index in [1.165, 1.54) is 0 Å². The number of hydrogen-bond donors (Lipinski definition) is 3. The molecule has 0 spiro atoms. The van der Waals surface area contributed by atoms with Crippen molar-refractivity contribution in [1.82, 2.24) is 4.98 Å². The van der Waals surface area contributed by atoms with E-state index in [4.69, 9.17) is 11.5 Å². The van der Waals surface area contributed by atoms with Crippen LogP contribution >= 0.6 is 0 Å². The molecular formula is C9H15N3O. The summed E-state index contributed by atoms with van der Waals surface area (Å²) in [6.45, 7) is 1.91. The molecule has 0 aliphatic rings. The van der Waals surface area contributed by atoms with Gasteiger partial charge in [0.05, 0.1) is 11.4 Å². The summed E-state index contributed by atoms with van der Waals surface area (Å²) < 4.78 is 0. The van der Waals surface area contributed by atoms with Crippen molar-refractivity contribution < 1.29 is 5.11 Å². The third-order valence-electron chi connectivity index (χ3n) is 2.03. The predicted molar refractivity (Wildman–Crippen MR) is 51.9 cm³/mol. The lowest BCUT2D eigenvalue weighted by molar-refractivity contribution is 0.141. The molecule has 0 saturated carbocycles. The summed E-state index contributed by atoms with van der Waals surface area (Å²) in [6.07, 6.45) is 1.51. The number of rotatable bonds is 3. The lowest BCUT2D eigenvalue weighted by atomic mass is 10.0. The monoisotopic (exact) mass is 181 g/mol. The Morgan fingerprint density at radius 1 is 1.62 bits per heavy atom. The Kier molecular flexibility index (Phi) is 3.22. The van der Waals surface area contributed by atoms with Gasteiger partial charge in [0.2, 0.25) is 0 Å². The Labute approximate surface area is 77.6 Å². The normalized spacial score (nSPS) is 15.3. The maximum atomic E-state index is 9.70. The standard InChI is InChI=1S/C9H15N3O/c1-2-6(10)9(13)8-7(11)4-3-5-12-8/h3-6,9,13H,2,10-11H2,1H3/t6-,9+/m0/s1. The molecule has 1 aromatic heterocycles. The van der Waals surface area contributed by atoms with E-state index in [1.54, 1.807) is 18.3 Å². The second kappa shape index (κ2) is 4.20. The summed E-state index contributed by atoms with van der Waals surface area (Å²) >= 11 is 0. The Hall–Kier alpha value is -1.13. The van der Waals surface area contributed by atoms with Crippen molar-refractivity contribution in [2.75, 3.05) is 5.73 Å². The fourth-order valence-electron chi connectivity index (χ4n) is 1.10. The molecule has 0 aliphatic carbocycles. The molecule has 2 atom stereocenters. The van der Waals surface area contributed by atoms with E-state index in [0.29, 0.717) is 17.8 Å². The minimum atomic E-state index is -0.772. The Balaban J connectivity index is 2.88. The molecule has 0 bridgehead atoms. The maximum absolute atomic E-state index is 9.70. The quantitative estimate of drug-likeness (QED) is 0.631. The van der Waals surface area contributed by atoms with Gasteiger partial charge < -0.3 is 16.6 Å². The molecule has 0 fully saturated rings. The average molecular weight is 181 g/mol. The molecule has 4 nitrogen and oxygen atoms in total. The molecule has 4 heteroatoms. The van der Waals surface area contributed by atoms with E-state index in [9.17, 15) is 5.11 Å². The summed E-state index contributed by atoms with van der Waals surface area (Å²) in [5, 5.41) is 9.70. The molecular weight excluding hydrogens is 166 g/mol. The maximum Gasteiger partial charge on any atom is 0.113 e. The fraction of sp³-hybridized carbons (Fsp3) is 0.444. The summed E-state index contributed by atoms with van der Waals surface area (Å²) in [6, 6.07) is 3.12. The Morgan fingerprint density at radius 2 is 2.31 bits per heavy atom. The van der Waals surface area contributed by atoms with Crippen LogP contribution in [0.15, 0.2) is 18.3 Å². The van der Waals surface area contributed by atoms with Crippen molar-refractivity contribution in [2.45, 2.75) is 25.5 Å². The van der Waals surface area contributed by atoms with E-state index in [0.717, 1.165) is 0 Å². The second-order valence-corrected chi connectivity index (χ2v) is 2.99. The van der Waals surface area contributed by atoms with Gasteiger partial charge in [0.25, 0.3) is 0 Å². The van der Waals surface area contributed by atoms with Gasteiger partial charge in [-0.1, -0.05) is 6.92 Å². The van der Waals surface area contributed by atoms with Gasteiger partial charge in [-0.25, -0.2) is 0 Å². The van der Waals surface area contributed by atoms with Gasteiger partial charge in [0.15, 0.2) is 0 Å². The molecule has 0 unspecified atom stereocenters. The first-order valence-corrected chi connectivity index (χ1v) is 4.30. The molecule has 0 saturated heterocycles. The molecule has 0 aliphatic heterocycles. The number of aliphatic hydroxyl groups excluding tert-OH is 1. The zero-order valence-electron chi connectivity index (χ0n) is 7.64. The van der Waals surface area contributed by atoms with E-state index >= 15 is 0 Å². The second-order valence-electron chi connectivity index (χ2n) is 2.99. The third-order valence-corrected chi connectivity index (χ3v) is 2.03. The minimum absolute atomic E-state index is 0.308. The van der Waals surface area contributed by atoms with Crippen LogP contribution in [0.4, 0.5) is 5.69 Å². The van der Waals surface area contributed by atoms with E-state index < -0.39 is 6.10 Å². The molecule has 5 N–H and O–H groups in total. The van der Waals surface area contributed by atoms with E-state index in [2.05, 4.69) is 4.98 Å². The molecule has 13 heavy (non-hydrogen) atoms. The van der Waals surface area contributed by atoms with Crippen LogP contribution in [0.25, 0.3) is 0 Å². The van der Waals surface area contributed by atoms with Gasteiger partial charge in [-0.15, -0.1) is 0 Å². The fourth-order valence-corrected chi connectivity index (χ4v) is 1.10. The molecule has 0 amide bonds. The number of aliphatic hydroxyl groups is 1. The average Bonchev–Trinajstić information content (AvgIpc) is 2.16. The van der Waals surface area contributed by atoms with Crippen LogP contribution in [-0.4, -0.2) is 16.1 Å². The first-order chi connectivity index (χ1) is 6.16. The van der Waals surface area contributed by atoms with Gasteiger partial charge in [-0.05, 0) is 18.6 Å². The van der Waals surface area contributed by atoms with Crippen molar-refractivity contribution in [2.24, 2.45) is 5.73 Å². The van der Waals surface area contributed by atoms with Crippen molar-refractivity contribution in [3.8, 4) is 0 Å². The van der Waals surface area contributed by atoms with Gasteiger partial charge in [-0.3, -0.25) is 4.98 Å². The molecule has 1 heterocycles. The van der Waals surface area contributed by atoms with E-state index in [1.807, 2.05) is 6.92 Å². The number of nitrogens with zero attached hydrogens (tertiary/aromatic N) is 1. The number of pyridine rings is 1. The van der Waals surface area contributed by atoms with Crippen molar-refractivity contribution in [3.63, 3.8) is 0 Å². The van der Waals surface area contributed by atoms with Crippen LogP contribution in [-0.2, 0) is 0 Å². The lowest BCUT2D eigenvalue weighted by Crippen LogP contribution is -2.28. The smallest absolute Gasteiger partial charge is 0.113 e. The molecule has 72 valence electrons. The first kappa shape index (κ1) is 9.95. The minimum Gasteiger partial charge on any atom is -0.397 e. The Bertz CT molecular complexity index is 277. The zero-order chi connectivity index (χ0) is 9.84. The van der Waals surface area contributed by atoms with Crippen LogP contribution in [0.2, 0.25) is 0 Å². The van der Waals surface area contributed by atoms with Crippen LogP contribution < -0.4 is 11.5 Å². The van der Waals surface area contributed by atoms with Crippen LogP contribution in [0.1, 0.15) is 25.1 Å². The van der Waals surface area contributed by atoms with Crippen LogP contribution in [0.5, 0.6) is 0 Å². The highest BCUT2D eigenvalue weighted by atomic mass is 16.3. The summed E-state index contributed by atoms with van der Waals surface area (Å²) in [5.74, 6) is 0. The number of nitrogens with two attached hydrogens (primary N) is 2. The highest BCUT2D eigenvalue weighted by Gasteiger charge is 2.18. The summed E-state index contributed by atoms with van der Waals surface area (Å²) in [4.78, 5) is 3.99. The molecule has 1 rings (SSSR count). The number of nitrogen functional groups attached to an aromatic ring is 1. The third kappa shape index (κ3) is 2.17. The van der Waals surface area contributed by atoms with E-state index in [-0.39, 0.29) is 6.04 Å². The topological polar surface area (TPSA) is 85.2 Å². The number of hydrogen-bond acceptors (Lipinski definition) is 4. The van der Waals surface area contributed by atoms with Crippen molar-refractivity contribution >= 4 is 5.69 Å². The number of aromatic nitrogens is 1. The van der Waals surface area contributed by atoms with Crippen molar-refractivity contribution in [1.29, 1.82) is 0 Å². The van der Waals surface area contributed by atoms with Crippen LogP contribution in [0, 0.1) is 0 Å². The highest BCUT2D eigenvalue weighted by Crippen LogP contribution is 2.20. The van der Waals surface area contributed by atoms with Gasteiger partial charge in [0, 0.05) is 12.2 Å². The van der Waals surface area contributed by atoms with Crippen LogP contribution in [0.3, 0.4) is 0 Å². The van der Waals surface area contributed by atoms with Gasteiger partial charge in [0.1, 0.15) is 6.10 Å².